The topological polar surface area (TPSA) is 57.6 Å². The number of aliphatic hydroxyl groups excluding tert-OH is 1. The number of hydrogen-bond acceptors (Lipinski definition) is 3. The minimum absolute atomic E-state index is 0.349. The molecule has 74 valence electrons. The maximum absolute atomic E-state index is 10.9. The summed E-state index contributed by atoms with van der Waals surface area (Å²) in [5, 5.41) is 8.90. The van der Waals surface area contributed by atoms with E-state index in [1.807, 2.05) is 0 Å². The highest BCUT2D eigenvalue weighted by molar-refractivity contribution is 7.88. The zero-order chi connectivity index (χ0) is 9.78. The van der Waals surface area contributed by atoms with Gasteiger partial charge in [0.05, 0.1) is 12.4 Å². The molecular formula is C7H17NO3S. The summed E-state index contributed by atoms with van der Waals surface area (Å²) in [5.41, 5.74) is 0. The van der Waals surface area contributed by atoms with Crippen LogP contribution in [-0.4, -0.2) is 43.8 Å². The summed E-state index contributed by atoms with van der Waals surface area (Å²) >= 11 is 0. The normalized spacial score (nSPS) is 15.1. The van der Waals surface area contributed by atoms with Crippen molar-refractivity contribution in [3.8, 4) is 0 Å². The van der Waals surface area contributed by atoms with Gasteiger partial charge in [-0.2, -0.15) is 0 Å². The van der Waals surface area contributed by atoms with Crippen molar-refractivity contribution in [1.29, 1.82) is 0 Å². The van der Waals surface area contributed by atoms with Gasteiger partial charge in [-0.15, -0.1) is 0 Å². The van der Waals surface area contributed by atoms with Crippen LogP contribution in [0, 0.1) is 0 Å². The highest BCUT2D eigenvalue weighted by Crippen LogP contribution is 2.00. The van der Waals surface area contributed by atoms with E-state index in [2.05, 4.69) is 0 Å². The Labute approximate surface area is 74.2 Å². The summed E-state index contributed by atoms with van der Waals surface area (Å²) in [5.74, 6) is 0. The van der Waals surface area contributed by atoms with Gasteiger partial charge in [0.2, 0.25) is 10.0 Å². The largest absolute Gasteiger partial charge is 0.393 e. The van der Waals surface area contributed by atoms with Crippen LogP contribution in [0.15, 0.2) is 0 Å². The third-order valence-electron chi connectivity index (χ3n) is 1.66. The Morgan fingerprint density at radius 1 is 1.50 bits per heavy atom. The third kappa shape index (κ3) is 5.51. The number of aliphatic hydroxyl groups is 1. The smallest absolute Gasteiger partial charge is 0.210 e. The van der Waals surface area contributed by atoms with Crippen molar-refractivity contribution in [1.82, 2.24) is 4.31 Å². The van der Waals surface area contributed by atoms with Gasteiger partial charge in [-0.05, 0) is 19.8 Å². The van der Waals surface area contributed by atoms with Crippen LogP contribution in [0.4, 0.5) is 0 Å². The Bertz CT molecular complexity index is 211. The van der Waals surface area contributed by atoms with Crippen LogP contribution < -0.4 is 0 Å². The van der Waals surface area contributed by atoms with Crippen LogP contribution in [0.25, 0.3) is 0 Å². The van der Waals surface area contributed by atoms with E-state index in [9.17, 15) is 8.42 Å². The third-order valence-corrected chi connectivity index (χ3v) is 2.98. The Kier molecular flexibility index (Phi) is 4.74. The Morgan fingerprint density at radius 2 is 2.00 bits per heavy atom. The van der Waals surface area contributed by atoms with E-state index in [1.165, 1.54) is 17.6 Å². The molecule has 0 aromatic heterocycles. The second-order valence-electron chi connectivity index (χ2n) is 3.08. The van der Waals surface area contributed by atoms with Crippen LogP contribution >= 0.6 is 0 Å². The average Bonchev–Trinajstić information content (AvgIpc) is 1.84. The molecule has 0 heterocycles. The van der Waals surface area contributed by atoms with Gasteiger partial charge in [-0.25, -0.2) is 12.7 Å². The van der Waals surface area contributed by atoms with Gasteiger partial charge in [0.1, 0.15) is 0 Å². The lowest BCUT2D eigenvalue weighted by Gasteiger charge is -2.13. The van der Waals surface area contributed by atoms with Crippen LogP contribution in [0.5, 0.6) is 0 Å². The lowest BCUT2D eigenvalue weighted by Crippen LogP contribution is -2.26. The van der Waals surface area contributed by atoms with E-state index in [1.54, 1.807) is 6.92 Å². The van der Waals surface area contributed by atoms with Crippen LogP contribution in [0.2, 0.25) is 0 Å². The molecule has 0 aromatic rings. The molecule has 0 radical (unpaired) electrons. The zero-order valence-electron chi connectivity index (χ0n) is 7.82. The number of sulfonamides is 1. The van der Waals surface area contributed by atoms with Crippen molar-refractivity contribution in [3.63, 3.8) is 0 Å². The molecule has 1 unspecified atom stereocenters. The predicted octanol–water partition coefficient (Wildman–Crippen LogP) is 0.0388. The summed E-state index contributed by atoms with van der Waals surface area (Å²) in [4.78, 5) is 0. The molecule has 0 amide bonds. The minimum atomic E-state index is -3.05. The van der Waals surface area contributed by atoms with Gasteiger partial charge in [-0.1, -0.05) is 0 Å². The molecule has 0 aliphatic heterocycles. The van der Waals surface area contributed by atoms with E-state index in [0.717, 1.165) is 0 Å². The number of hydrogen-bond donors (Lipinski definition) is 1. The van der Waals surface area contributed by atoms with E-state index in [-0.39, 0.29) is 6.10 Å². The van der Waals surface area contributed by atoms with Gasteiger partial charge in [0, 0.05) is 13.6 Å². The molecule has 0 rings (SSSR count). The fraction of sp³-hybridized carbons (Fsp3) is 1.00. The van der Waals surface area contributed by atoms with E-state index in [4.69, 9.17) is 5.11 Å². The highest BCUT2D eigenvalue weighted by Gasteiger charge is 2.09. The molecule has 0 aromatic carbocycles. The van der Waals surface area contributed by atoms with E-state index in [0.29, 0.717) is 19.4 Å². The molecule has 4 nitrogen and oxygen atoms in total. The molecule has 1 atom stereocenters. The Balaban J connectivity index is 3.66. The highest BCUT2D eigenvalue weighted by atomic mass is 32.2. The molecule has 0 bridgehead atoms. The van der Waals surface area contributed by atoms with Crippen molar-refractivity contribution < 1.29 is 13.5 Å². The molecule has 0 saturated carbocycles. The van der Waals surface area contributed by atoms with Gasteiger partial charge in [0.15, 0.2) is 0 Å². The first-order valence-corrected chi connectivity index (χ1v) is 5.78. The molecule has 0 spiro atoms. The van der Waals surface area contributed by atoms with Crippen molar-refractivity contribution in [2.45, 2.75) is 25.9 Å². The maximum Gasteiger partial charge on any atom is 0.210 e. The zero-order valence-corrected chi connectivity index (χ0v) is 8.63. The fourth-order valence-electron chi connectivity index (χ4n) is 0.775. The van der Waals surface area contributed by atoms with Crippen molar-refractivity contribution >= 4 is 10.0 Å². The molecule has 0 aliphatic carbocycles. The standard InChI is InChI=1S/C7H17NO3S/c1-7(9)5-4-6-8(2)12(3,10)11/h7,9H,4-6H2,1-3H3. The first-order valence-electron chi connectivity index (χ1n) is 3.93. The molecule has 12 heavy (non-hydrogen) atoms. The average molecular weight is 195 g/mol. The van der Waals surface area contributed by atoms with Gasteiger partial charge >= 0.3 is 0 Å². The SMILES string of the molecule is CC(O)CCCN(C)S(C)(=O)=O. The minimum Gasteiger partial charge on any atom is -0.393 e. The maximum atomic E-state index is 10.9. The van der Waals surface area contributed by atoms with E-state index >= 15 is 0 Å². The predicted molar refractivity (Wildman–Crippen MR) is 48.4 cm³/mol. The van der Waals surface area contributed by atoms with Crippen LogP contribution in [0.1, 0.15) is 19.8 Å². The quantitative estimate of drug-likeness (QED) is 0.674. The fourth-order valence-corrected chi connectivity index (χ4v) is 1.24. The summed E-state index contributed by atoms with van der Waals surface area (Å²) < 4.78 is 23.0. The lowest BCUT2D eigenvalue weighted by atomic mass is 10.2. The second kappa shape index (κ2) is 4.79. The molecular weight excluding hydrogens is 178 g/mol. The summed E-state index contributed by atoms with van der Waals surface area (Å²) in [6.07, 6.45) is 2.16. The molecule has 0 aliphatic rings. The first-order chi connectivity index (χ1) is 5.34. The van der Waals surface area contributed by atoms with Crippen molar-refractivity contribution in [2.75, 3.05) is 19.8 Å². The van der Waals surface area contributed by atoms with Crippen LogP contribution in [-0.2, 0) is 10.0 Å². The Morgan fingerprint density at radius 3 is 2.33 bits per heavy atom. The van der Waals surface area contributed by atoms with Gasteiger partial charge in [-0.3, -0.25) is 0 Å². The number of nitrogens with zero attached hydrogens (tertiary/aromatic N) is 1. The summed E-state index contributed by atoms with van der Waals surface area (Å²) in [6.45, 7) is 2.17. The first kappa shape index (κ1) is 11.9. The van der Waals surface area contributed by atoms with Gasteiger partial charge < -0.3 is 5.11 Å². The summed E-state index contributed by atoms with van der Waals surface area (Å²) in [6, 6.07) is 0. The number of rotatable bonds is 5. The monoisotopic (exact) mass is 195 g/mol. The molecule has 1 N–H and O–H groups in total. The Hall–Kier alpha value is -0.130. The molecule has 0 saturated heterocycles. The molecule has 0 fully saturated rings. The summed E-state index contributed by atoms with van der Waals surface area (Å²) in [7, 11) is -1.51. The van der Waals surface area contributed by atoms with Gasteiger partial charge in [0.25, 0.3) is 0 Å². The van der Waals surface area contributed by atoms with E-state index < -0.39 is 10.0 Å². The van der Waals surface area contributed by atoms with Crippen molar-refractivity contribution in [3.05, 3.63) is 0 Å². The molecule has 5 heteroatoms. The van der Waals surface area contributed by atoms with Crippen molar-refractivity contribution in [2.24, 2.45) is 0 Å². The van der Waals surface area contributed by atoms with Crippen LogP contribution in [0.3, 0.4) is 0 Å². The lowest BCUT2D eigenvalue weighted by molar-refractivity contribution is 0.179. The second-order valence-corrected chi connectivity index (χ2v) is 5.17.